The minimum absolute atomic E-state index is 0.0907. The van der Waals surface area contributed by atoms with Gasteiger partial charge in [-0.05, 0) is 57.3 Å². The molecule has 0 heterocycles. The number of amides is 1. The van der Waals surface area contributed by atoms with Gasteiger partial charge in [-0.3, -0.25) is 9.59 Å². The van der Waals surface area contributed by atoms with Gasteiger partial charge in [-0.25, -0.2) is 0 Å². The van der Waals surface area contributed by atoms with Gasteiger partial charge in [-0.1, -0.05) is 6.42 Å². The summed E-state index contributed by atoms with van der Waals surface area (Å²) in [7, 11) is 0. The van der Waals surface area contributed by atoms with Crippen LogP contribution in [0.15, 0.2) is 0 Å². The van der Waals surface area contributed by atoms with Crippen molar-refractivity contribution in [3.8, 4) is 0 Å². The van der Waals surface area contributed by atoms with E-state index in [1.165, 1.54) is 25.7 Å². The second-order valence-corrected chi connectivity index (χ2v) is 6.96. The number of aliphatic carboxylic acids is 1. The largest absolute Gasteiger partial charge is 0.481 e. The van der Waals surface area contributed by atoms with Gasteiger partial charge >= 0.3 is 5.97 Å². The van der Waals surface area contributed by atoms with Crippen molar-refractivity contribution in [3.05, 3.63) is 0 Å². The Bertz CT molecular complexity index is 364. The highest BCUT2D eigenvalue weighted by atomic mass is 16.4. The second-order valence-electron chi connectivity index (χ2n) is 6.96. The Kier molecular flexibility index (Phi) is 4.16. The summed E-state index contributed by atoms with van der Waals surface area (Å²) in [5.74, 6) is 1.47. The van der Waals surface area contributed by atoms with E-state index in [9.17, 15) is 9.59 Å². The first-order chi connectivity index (χ1) is 8.85. The molecule has 2 saturated carbocycles. The summed E-state index contributed by atoms with van der Waals surface area (Å²) in [5, 5.41) is 11.7. The van der Waals surface area contributed by atoms with Crippen molar-refractivity contribution < 1.29 is 14.7 Å². The average Bonchev–Trinajstić information content (AvgIpc) is 2.87. The number of nitrogens with one attached hydrogen (secondary N) is 1. The zero-order chi connectivity index (χ0) is 14.0. The zero-order valence-corrected chi connectivity index (χ0v) is 11.9. The van der Waals surface area contributed by atoms with Crippen molar-refractivity contribution in [1.29, 1.82) is 0 Å². The fraction of sp³-hybridized carbons (Fsp3) is 0.867. The number of hydrogen-bond acceptors (Lipinski definition) is 2. The Labute approximate surface area is 115 Å². The summed E-state index contributed by atoms with van der Waals surface area (Å²) in [5.41, 5.74) is -0.424. The minimum Gasteiger partial charge on any atom is -0.481 e. The minimum atomic E-state index is -0.810. The lowest BCUT2D eigenvalue weighted by Crippen LogP contribution is -2.44. The molecule has 2 N–H and O–H groups in total. The number of rotatable bonds is 6. The molecule has 2 aliphatic carbocycles. The van der Waals surface area contributed by atoms with Gasteiger partial charge in [0.15, 0.2) is 0 Å². The van der Waals surface area contributed by atoms with Gasteiger partial charge in [0.1, 0.15) is 0 Å². The summed E-state index contributed by atoms with van der Waals surface area (Å²) >= 11 is 0. The van der Waals surface area contributed by atoms with Gasteiger partial charge in [0.05, 0.1) is 0 Å². The predicted molar refractivity (Wildman–Crippen MR) is 72.6 cm³/mol. The Hall–Kier alpha value is -1.06. The third kappa shape index (κ3) is 3.95. The molecule has 0 aromatic rings. The smallest absolute Gasteiger partial charge is 0.303 e. The summed E-state index contributed by atoms with van der Waals surface area (Å²) in [4.78, 5) is 22.7. The third-order valence-electron chi connectivity index (χ3n) is 4.77. The first kappa shape index (κ1) is 14.4. The molecule has 0 spiro atoms. The molecule has 2 rings (SSSR count). The molecule has 0 saturated heterocycles. The molecule has 0 radical (unpaired) electrons. The van der Waals surface area contributed by atoms with Gasteiger partial charge in [-0.15, -0.1) is 0 Å². The zero-order valence-electron chi connectivity index (χ0n) is 11.9. The molecule has 3 atom stereocenters. The first-order valence-electron chi connectivity index (χ1n) is 7.38. The van der Waals surface area contributed by atoms with E-state index in [0.29, 0.717) is 18.8 Å². The number of carboxylic acids is 1. The Morgan fingerprint density at radius 1 is 1.26 bits per heavy atom. The van der Waals surface area contributed by atoms with E-state index in [4.69, 9.17) is 5.11 Å². The van der Waals surface area contributed by atoms with E-state index in [1.807, 2.05) is 13.8 Å². The normalized spacial score (nSPS) is 29.5. The van der Waals surface area contributed by atoms with Gasteiger partial charge in [-0.2, -0.15) is 0 Å². The van der Waals surface area contributed by atoms with Gasteiger partial charge in [0.2, 0.25) is 5.91 Å². The molecule has 0 aromatic carbocycles. The van der Waals surface area contributed by atoms with Crippen molar-refractivity contribution in [3.63, 3.8) is 0 Å². The maximum absolute atomic E-state index is 12.1. The Morgan fingerprint density at radius 3 is 2.53 bits per heavy atom. The van der Waals surface area contributed by atoms with Gasteiger partial charge in [0.25, 0.3) is 0 Å². The molecule has 4 heteroatoms. The Balaban J connectivity index is 1.75. The molecule has 3 unspecified atom stereocenters. The van der Waals surface area contributed by atoms with Crippen molar-refractivity contribution in [2.45, 2.75) is 64.3 Å². The highest BCUT2D eigenvalue weighted by Gasteiger charge is 2.40. The second kappa shape index (κ2) is 5.51. The summed E-state index contributed by atoms with van der Waals surface area (Å²) in [6.45, 7) is 3.79. The van der Waals surface area contributed by atoms with E-state index >= 15 is 0 Å². The number of carbonyl (C=O) groups is 2. The standard InChI is InChI=1S/C15H25NO3/c1-15(2,6-5-14(18)19)16-13(17)9-12-8-10-3-4-11(12)7-10/h10-12H,3-9H2,1-2H3,(H,16,17)(H,18,19). The van der Waals surface area contributed by atoms with Crippen LogP contribution in [0.5, 0.6) is 0 Å². The molecule has 108 valence electrons. The van der Waals surface area contributed by atoms with Crippen LogP contribution in [-0.4, -0.2) is 22.5 Å². The fourth-order valence-corrected chi connectivity index (χ4v) is 3.77. The lowest BCUT2D eigenvalue weighted by atomic mass is 9.86. The molecular formula is C15H25NO3. The SMILES string of the molecule is CC(C)(CCC(=O)O)NC(=O)CC1CC2CCC1C2. The van der Waals surface area contributed by atoms with E-state index in [0.717, 1.165) is 11.8 Å². The molecule has 1 amide bonds. The molecule has 0 aliphatic heterocycles. The third-order valence-corrected chi connectivity index (χ3v) is 4.77. The van der Waals surface area contributed by atoms with Crippen LogP contribution in [0.2, 0.25) is 0 Å². The summed E-state index contributed by atoms with van der Waals surface area (Å²) in [6, 6.07) is 0. The number of carbonyl (C=O) groups excluding carboxylic acids is 1. The quantitative estimate of drug-likeness (QED) is 0.777. The van der Waals surface area contributed by atoms with E-state index < -0.39 is 11.5 Å². The number of fused-ring (bicyclic) bond motifs is 2. The molecule has 4 nitrogen and oxygen atoms in total. The predicted octanol–water partition coefficient (Wildman–Crippen LogP) is 2.57. The van der Waals surface area contributed by atoms with Crippen LogP contribution in [0.25, 0.3) is 0 Å². The topological polar surface area (TPSA) is 66.4 Å². The van der Waals surface area contributed by atoms with Crippen LogP contribution in [0.3, 0.4) is 0 Å². The monoisotopic (exact) mass is 267 g/mol. The summed E-state index contributed by atoms with van der Waals surface area (Å²) < 4.78 is 0. The van der Waals surface area contributed by atoms with E-state index in [2.05, 4.69) is 5.32 Å². The molecule has 19 heavy (non-hydrogen) atoms. The maximum atomic E-state index is 12.1. The van der Waals surface area contributed by atoms with Crippen molar-refractivity contribution in [2.24, 2.45) is 17.8 Å². The maximum Gasteiger partial charge on any atom is 0.303 e. The molecule has 0 aromatic heterocycles. The van der Waals surface area contributed by atoms with Crippen LogP contribution < -0.4 is 5.32 Å². The summed E-state index contributed by atoms with van der Waals surface area (Å²) in [6.07, 6.45) is 6.38. The lowest BCUT2D eigenvalue weighted by Gasteiger charge is -2.28. The van der Waals surface area contributed by atoms with E-state index in [-0.39, 0.29) is 12.3 Å². The molecular weight excluding hydrogens is 242 g/mol. The van der Waals surface area contributed by atoms with Crippen LogP contribution in [0.1, 0.15) is 58.8 Å². The van der Waals surface area contributed by atoms with Gasteiger partial charge in [0, 0.05) is 18.4 Å². The highest BCUT2D eigenvalue weighted by Crippen LogP contribution is 2.49. The molecule has 2 aliphatic rings. The van der Waals surface area contributed by atoms with Crippen molar-refractivity contribution in [2.75, 3.05) is 0 Å². The Morgan fingerprint density at radius 2 is 2.00 bits per heavy atom. The fourth-order valence-electron chi connectivity index (χ4n) is 3.77. The van der Waals surface area contributed by atoms with E-state index in [1.54, 1.807) is 0 Å². The van der Waals surface area contributed by atoms with Crippen LogP contribution in [-0.2, 0) is 9.59 Å². The number of carboxylic acid groups (broad SMARTS) is 1. The van der Waals surface area contributed by atoms with Crippen LogP contribution in [0, 0.1) is 17.8 Å². The van der Waals surface area contributed by atoms with Gasteiger partial charge < -0.3 is 10.4 Å². The van der Waals surface area contributed by atoms with Crippen LogP contribution in [0.4, 0.5) is 0 Å². The molecule has 2 bridgehead atoms. The lowest BCUT2D eigenvalue weighted by molar-refractivity contribution is -0.138. The first-order valence-corrected chi connectivity index (χ1v) is 7.38. The average molecular weight is 267 g/mol. The molecule has 2 fully saturated rings. The highest BCUT2D eigenvalue weighted by molar-refractivity contribution is 5.77. The number of hydrogen-bond donors (Lipinski definition) is 2. The van der Waals surface area contributed by atoms with Crippen LogP contribution >= 0.6 is 0 Å². The van der Waals surface area contributed by atoms with Crippen molar-refractivity contribution in [1.82, 2.24) is 5.32 Å². The van der Waals surface area contributed by atoms with Crippen molar-refractivity contribution >= 4 is 11.9 Å².